The minimum Gasteiger partial charge on any atom is -0.449 e. The number of carbonyl (C=O) groups excluding carboxylic acids is 1. The maximum absolute atomic E-state index is 13.1. The van der Waals surface area contributed by atoms with Crippen LogP contribution in [0.15, 0.2) is 28.8 Å². The molecule has 1 unspecified atom stereocenters. The molecule has 0 aliphatic rings. The van der Waals surface area contributed by atoms with E-state index in [0.29, 0.717) is 5.82 Å². The molecule has 0 aliphatic carbocycles. The van der Waals surface area contributed by atoms with Crippen molar-refractivity contribution in [1.82, 2.24) is 10.1 Å². The van der Waals surface area contributed by atoms with Gasteiger partial charge in [-0.2, -0.15) is 4.98 Å². The molecule has 21 heavy (non-hydrogen) atoms. The van der Waals surface area contributed by atoms with E-state index < -0.39 is 17.9 Å². The molecule has 1 atom stereocenters. The van der Waals surface area contributed by atoms with E-state index in [1.54, 1.807) is 6.92 Å². The van der Waals surface area contributed by atoms with Crippen molar-refractivity contribution in [3.63, 3.8) is 0 Å². The van der Waals surface area contributed by atoms with Gasteiger partial charge in [-0.25, -0.2) is 9.18 Å². The van der Waals surface area contributed by atoms with E-state index >= 15 is 0 Å². The van der Waals surface area contributed by atoms with Crippen LogP contribution in [0, 0.1) is 5.82 Å². The van der Waals surface area contributed by atoms with Crippen LogP contribution in [0.3, 0.4) is 0 Å². The molecule has 0 amide bonds. The van der Waals surface area contributed by atoms with Crippen LogP contribution in [0.5, 0.6) is 0 Å². The van der Waals surface area contributed by atoms with Crippen molar-refractivity contribution in [2.24, 2.45) is 0 Å². The van der Waals surface area contributed by atoms with Crippen molar-refractivity contribution in [3.05, 3.63) is 47.4 Å². The molecule has 1 aromatic heterocycles. The highest BCUT2D eigenvalue weighted by Gasteiger charge is 2.25. The number of hydrogen-bond acceptors (Lipinski definition) is 5. The minimum atomic E-state index is -0.704. The summed E-state index contributed by atoms with van der Waals surface area (Å²) in [5.74, 6) is -0.391. The second kappa shape index (κ2) is 5.63. The molecular formula is C15H17FN2O3. The minimum absolute atomic E-state index is 0.136. The number of halogens is 1. The fourth-order valence-electron chi connectivity index (χ4n) is 1.60. The number of aromatic nitrogens is 2. The Balaban J connectivity index is 2.09. The molecule has 2 aromatic rings. The van der Waals surface area contributed by atoms with Crippen LogP contribution in [0.25, 0.3) is 0 Å². The molecule has 0 N–H and O–H groups in total. The van der Waals surface area contributed by atoms with Gasteiger partial charge >= 0.3 is 5.97 Å². The Labute approximate surface area is 122 Å². The zero-order valence-electron chi connectivity index (χ0n) is 12.4. The van der Waals surface area contributed by atoms with Crippen LogP contribution in [-0.4, -0.2) is 16.1 Å². The van der Waals surface area contributed by atoms with Gasteiger partial charge in [0.1, 0.15) is 5.82 Å². The van der Waals surface area contributed by atoms with Crippen molar-refractivity contribution < 1.29 is 18.4 Å². The largest absolute Gasteiger partial charge is 0.449 e. The van der Waals surface area contributed by atoms with Gasteiger partial charge in [0.2, 0.25) is 0 Å². The van der Waals surface area contributed by atoms with Gasteiger partial charge in [-0.05, 0) is 25.1 Å². The molecule has 1 aromatic carbocycles. The van der Waals surface area contributed by atoms with Crippen LogP contribution in [-0.2, 0) is 10.2 Å². The van der Waals surface area contributed by atoms with Gasteiger partial charge in [0.05, 0.1) is 5.56 Å². The van der Waals surface area contributed by atoms with E-state index in [0.717, 1.165) is 6.07 Å². The maximum Gasteiger partial charge on any atom is 0.339 e. The molecule has 0 fully saturated rings. The number of ether oxygens (including phenoxy) is 1. The summed E-state index contributed by atoms with van der Waals surface area (Å²) in [6.07, 6.45) is -0.704. The average Bonchev–Trinajstić information content (AvgIpc) is 2.88. The van der Waals surface area contributed by atoms with E-state index in [1.807, 2.05) is 20.8 Å². The fourth-order valence-corrected chi connectivity index (χ4v) is 1.60. The zero-order valence-corrected chi connectivity index (χ0v) is 12.4. The van der Waals surface area contributed by atoms with E-state index in [1.165, 1.54) is 18.2 Å². The molecule has 5 nitrogen and oxygen atoms in total. The molecule has 0 radical (unpaired) electrons. The number of hydrogen-bond donors (Lipinski definition) is 0. The van der Waals surface area contributed by atoms with Crippen LogP contribution < -0.4 is 0 Å². The molecule has 0 saturated heterocycles. The van der Waals surface area contributed by atoms with E-state index in [-0.39, 0.29) is 16.9 Å². The summed E-state index contributed by atoms with van der Waals surface area (Å²) in [7, 11) is 0. The first-order valence-electron chi connectivity index (χ1n) is 6.58. The monoisotopic (exact) mass is 292 g/mol. The third-order valence-electron chi connectivity index (χ3n) is 2.80. The van der Waals surface area contributed by atoms with Gasteiger partial charge < -0.3 is 9.26 Å². The van der Waals surface area contributed by atoms with Gasteiger partial charge in [-0.15, -0.1) is 0 Å². The van der Waals surface area contributed by atoms with Crippen molar-refractivity contribution in [2.45, 2.75) is 39.2 Å². The number of carbonyl (C=O) groups is 1. The average molecular weight is 292 g/mol. The van der Waals surface area contributed by atoms with Crippen LogP contribution in [0.2, 0.25) is 0 Å². The highest BCUT2D eigenvalue weighted by Crippen LogP contribution is 2.23. The van der Waals surface area contributed by atoms with E-state index in [4.69, 9.17) is 9.26 Å². The van der Waals surface area contributed by atoms with Crippen molar-refractivity contribution in [2.75, 3.05) is 0 Å². The van der Waals surface area contributed by atoms with Crippen molar-refractivity contribution in [1.29, 1.82) is 0 Å². The van der Waals surface area contributed by atoms with Gasteiger partial charge in [-0.1, -0.05) is 32.0 Å². The lowest BCUT2D eigenvalue weighted by molar-refractivity contribution is 0.0265. The molecule has 6 heteroatoms. The lowest BCUT2D eigenvalue weighted by atomic mass is 9.96. The van der Waals surface area contributed by atoms with Gasteiger partial charge in [-0.3, -0.25) is 0 Å². The third kappa shape index (κ3) is 3.65. The summed E-state index contributed by atoms with van der Waals surface area (Å²) >= 11 is 0. The SMILES string of the molecule is CC(OC(=O)c1cccc(F)c1)c1nc(C(C)(C)C)no1. The molecule has 0 bridgehead atoms. The predicted molar refractivity (Wildman–Crippen MR) is 73.2 cm³/mol. The number of benzene rings is 1. The maximum atomic E-state index is 13.1. The molecule has 0 aliphatic heterocycles. The summed E-state index contributed by atoms with van der Waals surface area (Å²) in [6.45, 7) is 7.47. The Morgan fingerprint density at radius 3 is 2.67 bits per heavy atom. The van der Waals surface area contributed by atoms with Crippen LogP contribution in [0.1, 0.15) is 55.9 Å². The van der Waals surface area contributed by atoms with Crippen molar-refractivity contribution >= 4 is 5.97 Å². The normalized spacial score (nSPS) is 13.0. The summed E-state index contributed by atoms with van der Waals surface area (Å²) in [4.78, 5) is 16.1. The topological polar surface area (TPSA) is 65.2 Å². The van der Waals surface area contributed by atoms with Crippen molar-refractivity contribution in [3.8, 4) is 0 Å². The first-order valence-corrected chi connectivity index (χ1v) is 6.58. The molecule has 112 valence electrons. The second-order valence-electron chi connectivity index (χ2n) is 5.76. The first-order chi connectivity index (χ1) is 9.77. The summed E-state index contributed by atoms with van der Waals surface area (Å²) < 4.78 is 23.4. The summed E-state index contributed by atoms with van der Waals surface area (Å²) in [5.41, 5.74) is -0.119. The lowest BCUT2D eigenvalue weighted by Gasteiger charge is -2.11. The Bertz CT molecular complexity index is 646. The molecule has 0 spiro atoms. The Kier molecular flexibility index (Phi) is 4.06. The number of rotatable bonds is 3. The predicted octanol–water partition coefficient (Wildman–Crippen LogP) is 3.42. The first kappa shape index (κ1) is 15.2. The van der Waals surface area contributed by atoms with Gasteiger partial charge in [0, 0.05) is 5.41 Å². The Morgan fingerprint density at radius 2 is 2.10 bits per heavy atom. The third-order valence-corrected chi connectivity index (χ3v) is 2.80. The second-order valence-corrected chi connectivity index (χ2v) is 5.76. The Hall–Kier alpha value is -2.24. The lowest BCUT2D eigenvalue weighted by Crippen LogP contribution is -2.14. The quantitative estimate of drug-likeness (QED) is 0.811. The summed E-state index contributed by atoms with van der Waals surface area (Å²) in [5, 5.41) is 3.87. The molecule has 1 heterocycles. The highest BCUT2D eigenvalue weighted by atomic mass is 19.1. The number of esters is 1. The van der Waals surface area contributed by atoms with E-state index in [2.05, 4.69) is 10.1 Å². The van der Waals surface area contributed by atoms with Gasteiger partial charge in [0.25, 0.3) is 5.89 Å². The molecule has 2 rings (SSSR count). The summed E-state index contributed by atoms with van der Waals surface area (Å²) in [6, 6.07) is 5.30. The van der Waals surface area contributed by atoms with Gasteiger partial charge in [0.15, 0.2) is 11.9 Å². The molecular weight excluding hydrogens is 275 g/mol. The van der Waals surface area contributed by atoms with E-state index in [9.17, 15) is 9.18 Å². The fraction of sp³-hybridized carbons (Fsp3) is 0.400. The molecule has 0 saturated carbocycles. The standard InChI is InChI=1S/C15H17FN2O3/c1-9(12-17-14(18-21-12)15(2,3)4)20-13(19)10-6-5-7-11(16)8-10/h5-9H,1-4H3. The smallest absolute Gasteiger partial charge is 0.339 e. The zero-order chi connectivity index (χ0) is 15.6. The Morgan fingerprint density at radius 1 is 1.38 bits per heavy atom. The van der Waals surface area contributed by atoms with Crippen LogP contribution >= 0.6 is 0 Å². The number of nitrogens with zero attached hydrogens (tertiary/aromatic N) is 2. The van der Waals surface area contributed by atoms with Crippen LogP contribution in [0.4, 0.5) is 4.39 Å². The highest BCUT2D eigenvalue weighted by molar-refractivity contribution is 5.89.